The Labute approximate surface area is 235 Å². The lowest BCUT2D eigenvalue weighted by molar-refractivity contribution is 0.0696. The van der Waals surface area contributed by atoms with Crippen molar-refractivity contribution in [2.75, 3.05) is 55.7 Å². The van der Waals surface area contributed by atoms with Crippen LogP contribution in [0.3, 0.4) is 0 Å². The van der Waals surface area contributed by atoms with Crippen LogP contribution >= 0.6 is 11.3 Å². The van der Waals surface area contributed by atoms with Crippen molar-refractivity contribution < 1.29 is 32.2 Å². The van der Waals surface area contributed by atoms with E-state index in [2.05, 4.69) is 0 Å². The van der Waals surface area contributed by atoms with Gasteiger partial charge >= 0.3 is 5.97 Å². The third-order valence-corrected chi connectivity index (χ3v) is 10.7. The molecule has 3 aromatic rings. The number of thiophene rings is 1. The summed E-state index contributed by atoms with van der Waals surface area (Å²) in [5.41, 5.74) is 0.977. The number of nitrogens with zero attached hydrogens (tertiary/aromatic N) is 3. The van der Waals surface area contributed by atoms with Gasteiger partial charge in [-0.15, -0.1) is 11.3 Å². The zero-order valence-electron chi connectivity index (χ0n) is 21.5. The summed E-state index contributed by atoms with van der Waals surface area (Å²) in [5.74, 6) is -1.46. The molecule has 2 aromatic carbocycles. The molecular weight excluding hydrogens is 557 g/mol. The molecule has 1 N–H and O–H groups in total. The van der Waals surface area contributed by atoms with Gasteiger partial charge in [0.05, 0.1) is 34.2 Å². The number of aromatic carboxylic acids is 1. The van der Waals surface area contributed by atoms with Crippen molar-refractivity contribution in [1.29, 1.82) is 0 Å². The Balaban J connectivity index is 1.18. The number of carboxylic acids is 1. The number of amides is 1. The second-order valence-corrected chi connectivity index (χ2v) is 13.2. The number of halogens is 1. The first-order valence-corrected chi connectivity index (χ1v) is 15.4. The normalized spacial score (nSPS) is 22.6. The average Bonchev–Trinajstić information content (AvgIpc) is 3.35. The molecule has 2 aliphatic heterocycles. The fraction of sp³-hybridized carbons (Fsp3) is 0.357. The number of piperidine rings is 1. The lowest BCUT2D eigenvalue weighted by atomic mass is 10.2. The molecule has 1 aromatic heterocycles. The number of hydrogen-bond acceptors (Lipinski definition) is 7. The number of sulfonamides is 1. The number of carbonyl (C=O) groups is 2. The summed E-state index contributed by atoms with van der Waals surface area (Å²) in [6, 6.07) is 13.6. The van der Waals surface area contributed by atoms with Crippen LogP contribution in [0.25, 0.3) is 0 Å². The van der Waals surface area contributed by atoms with Crippen molar-refractivity contribution in [2.45, 2.75) is 4.90 Å². The van der Waals surface area contributed by atoms with Gasteiger partial charge in [-0.05, 0) is 71.7 Å². The van der Waals surface area contributed by atoms with Crippen LogP contribution in [0.4, 0.5) is 15.8 Å². The van der Waals surface area contributed by atoms with Gasteiger partial charge < -0.3 is 19.6 Å². The van der Waals surface area contributed by atoms with E-state index in [1.807, 2.05) is 10.3 Å². The molecule has 2 unspecified atom stereocenters. The first kappa shape index (κ1) is 26.9. The van der Waals surface area contributed by atoms with E-state index in [1.165, 1.54) is 46.0 Å². The number of carbonyl (C=O) groups excluding carboxylic acids is 1. The number of ether oxygens (including phenoxy) is 1. The molecular formula is C28H28FN3O6S2. The molecule has 12 heteroatoms. The Bertz CT molecular complexity index is 1510. The van der Waals surface area contributed by atoms with Gasteiger partial charge in [0.1, 0.15) is 5.82 Å². The Morgan fingerprint density at radius 1 is 1.05 bits per heavy atom. The molecule has 1 amide bonds. The summed E-state index contributed by atoms with van der Waals surface area (Å²) >= 11 is 1.33. The Kier molecular flexibility index (Phi) is 7.11. The second-order valence-electron chi connectivity index (χ2n) is 10.3. The summed E-state index contributed by atoms with van der Waals surface area (Å²) in [6.07, 6.45) is 0. The van der Waals surface area contributed by atoms with E-state index in [1.54, 1.807) is 29.2 Å². The van der Waals surface area contributed by atoms with Crippen molar-refractivity contribution >= 4 is 44.6 Å². The van der Waals surface area contributed by atoms with Crippen LogP contribution in [-0.4, -0.2) is 75.6 Å². The third kappa shape index (κ3) is 5.00. The lowest BCUT2D eigenvalue weighted by Gasteiger charge is -2.30. The van der Waals surface area contributed by atoms with Gasteiger partial charge in [0.2, 0.25) is 10.0 Å². The summed E-state index contributed by atoms with van der Waals surface area (Å²) in [7, 11) is -3.76. The number of fused-ring (bicyclic) bond motifs is 1. The molecule has 2 atom stereocenters. The van der Waals surface area contributed by atoms with E-state index in [4.69, 9.17) is 9.84 Å². The number of morpholine rings is 1. The highest BCUT2D eigenvalue weighted by atomic mass is 32.2. The highest BCUT2D eigenvalue weighted by Crippen LogP contribution is 2.53. The van der Waals surface area contributed by atoms with Crippen LogP contribution in [-0.2, 0) is 14.8 Å². The zero-order valence-corrected chi connectivity index (χ0v) is 23.1. The van der Waals surface area contributed by atoms with Crippen molar-refractivity contribution in [3.63, 3.8) is 0 Å². The molecule has 0 bridgehead atoms. The second kappa shape index (κ2) is 10.6. The van der Waals surface area contributed by atoms with Gasteiger partial charge in [-0.25, -0.2) is 17.6 Å². The van der Waals surface area contributed by atoms with Gasteiger partial charge in [0.15, 0.2) is 0 Å². The monoisotopic (exact) mass is 585 g/mol. The Morgan fingerprint density at radius 2 is 1.75 bits per heavy atom. The maximum atomic E-state index is 15.3. The van der Waals surface area contributed by atoms with Crippen LogP contribution in [0.2, 0.25) is 0 Å². The van der Waals surface area contributed by atoms with Crippen molar-refractivity contribution in [2.24, 2.45) is 17.8 Å². The maximum Gasteiger partial charge on any atom is 0.335 e. The van der Waals surface area contributed by atoms with E-state index in [-0.39, 0.29) is 34.1 Å². The molecule has 9 nitrogen and oxygen atoms in total. The molecule has 6 rings (SSSR count). The van der Waals surface area contributed by atoms with Crippen LogP contribution in [0.15, 0.2) is 64.9 Å². The van der Waals surface area contributed by atoms with E-state index in [0.717, 1.165) is 0 Å². The molecule has 0 radical (unpaired) electrons. The number of hydrogen-bond donors (Lipinski definition) is 1. The van der Waals surface area contributed by atoms with Gasteiger partial charge in [-0.3, -0.25) is 4.79 Å². The molecule has 1 aliphatic carbocycles. The minimum absolute atomic E-state index is 0.0215. The highest BCUT2D eigenvalue weighted by Gasteiger charge is 2.58. The highest BCUT2D eigenvalue weighted by molar-refractivity contribution is 7.89. The number of rotatable bonds is 8. The average molecular weight is 586 g/mol. The van der Waals surface area contributed by atoms with E-state index < -0.39 is 21.8 Å². The standard InChI is InChI=1S/C28H28FN3O6S2/c29-24-14-19(5-8-25(24)30-9-11-38-12-10-30)32(27(33)26-2-1-13-39-26)17-23-21-15-31(16-22(21)23)40(36,37)20-6-3-18(4-7-20)28(34)35/h1-8,13-14,21-23H,9-12,15-17H2,(H,34,35). The largest absolute Gasteiger partial charge is 0.478 e. The number of benzene rings is 2. The summed E-state index contributed by atoms with van der Waals surface area (Å²) in [5, 5.41) is 10.9. The molecule has 3 aliphatic rings. The maximum absolute atomic E-state index is 15.3. The summed E-state index contributed by atoms with van der Waals surface area (Å²) in [4.78, 5) is 28.8. The fourth-order valence-corrected chi connectivity index (χ4v) is 7.96. The van der Waals surface area contributed by atoms with Crippen molar-refractivity contribution in [1.82, 2.24) is 4.31 Å². The molecule has 0 spiro atoms. The first-order valence-electron chi connectivity index (χ1n) is 13.0. The first-order chi connectivity index (χ1) is 19.2. The van der Waals surface area contributed by atoms with Gasteiger partial charge in [0.25, 0.3) is 5.91 Å². The van der Waals surface area contributed by atoms with Crippen molar-refractivity contribution in [3.8, 4) is 0 Å². The summed E-state index contributed by atoms with van der Waals surface area (Å²) < 4.78 is 48.4. The predicted molar refractivity (Wildman–Crippen MR) is 148 cm³/mol. The number of anilines is 2. The van der Waals surface area contributed by atoms with E-state index >= 15 is 4.39 Å². The topological polar surface area (TPSA) is 107 Å². The molecule has 1 saturated carbocycles. The lowest BCUT2D eigenvalue weighted by Crippen LogP contribution is -2.37. The quantitative estimate of drug-likeness (QED) is 0.430. The SMILES string of the molecule is O=C(O)c1ccc(S(=O)(=O)N2CC3C(CN(C(=O)c4cccs4)c4ccc(N5CCOCC5)c(F)c4)C3C2)cc1. The molecule has 3 heterocycles. The molecule has 2 saturated heterocycles. The van der Waals surface area contributed by atoms with Crippen LogP contribution in [0, 0.1) is 23.6 Å². The molecule has 210 valence electrons. The number of carboxylic acid groups (broad SMARTS) is 1. The smallest absolute Gasteiger partial charge is 0.335 e. The molecule has 3 fully saturated rings. The minimum atomic E-state index is -3.76. The van der Waals surface area contributed by atoms with Gasteiger partial charge in [-0.1, -0.05) is 6.07 Å². The Hall–Kier alpha value is -3.32. The molecule has 40 heavy (non-hydrogen) atoms. The minimum Gasteiger partial charge on any atom is -0.478 e. The van der Waals surface area contributed by atoms with Crippen LogP contribution in [0.1, 0.15) is 20.0 Å². The Morgan fingerprint density at radius 3 is 2.35 bits per heavy atom. The van der Waals surface area contributed by atoms with Crippen molar-refractivity contribution in [3.05, 3.63) is 76.2 Å². The van der Waals surface area contributed by atoms with E-state index in [9.17, 15) is 18.0 Å². The van der Waals surface area contributed by atoms with Gasteiger partial charge in [-0.2, -0.15) is 4.31 Å². The summed E-state index contributed by atoms with van der Waals surface area (Å²) in [6.45, 7) is 3.28. The van der Waals surface area contributed by atoms with Crippen LogP contribution < -0.4 is 9.80 Å². The zero-order chi connectivity index (χ0) is 28.0. The van der Waals surface area contributed by atoms with E-state index in [0.29, 0.717) is 62.2 Å². The fourth-order valence-electron chi connectivity index (χ4n) is 5.77. The predicted octanol–water partition coefficient (Wildman–Crippen LogP) is 3.64. The third-order valence-electron chi connectivity index (χ3n) is 8.04. The van der Waals surface area contributed by atoms with Gasteiger partial charge in [0, 0.05) is 38.4 Å². The van der Waals surface area contributed by atoms with Crippen LogP contribution in [0.5, 0.6) is 0 Å².